The van der Waals surface area contributed by atoms with Crippen molar-refractivity contribution < 1.29 is 13.2 Å². The third kappa shape index (κ3) is 3.31. The van der Waals surface area contributed by atoms with Gasteiger partial charge in [0.1, 0.15) is 11.9 Å². The molecule has 1 aromatic carbocycles. The zero-order valence-electron chi connectivity index (χ0n) is 13.3. The van der Waals surface area contributed by atoms with Crippen LogP contribution in [-0.4, -0.2) is 46.4 Å². The van der Waals surface area contributed by atoms with Gasteiger partial charge in [0.2, 0.25) is 21.9 Å². The summed E-state index contributed by atoms with van der Waals surface area (Å²) in [5.74, 6) is 0.316. The minimum Gasteiger partial charge on any atom is -0.292 e. The molecule has 2 aromatic rings. The monoisotopic (exact) mass is 349 g/mol. The van der Waals surface area contributed by atoms with Gasteiger partial charge in [-0.3, -0.25) is 15.2 Å². The number of sulfonamides is 1. The maximum absolute atomic E-state index is 12.9. The SMILES string of the molecule is Cc1nc(NC(=O)[C@H]2CCCCN2S(=O)(=O)c2ccccc2)n[nH]1. The summed E-state index contributed by atoms with van der Waals surface area (Å²) in [6, 6.07) is 7.41. The number of aromatic nitrogens is 3. The van der Waals surface area contributed by atoms with Crippen LogP contribution in [0.5, 0.6) is 0 Å². The molecule has 128 valence electrons. The van der Waals surface area contributed by atoms with E-state index in [9.17, 15) is 13.2 Å². The molecule has 1 fully saturated rings. The summed E-state index contributed by atoms with van der Waals surface area (Å²) in [6.07, 6.45) is 2.00. The molecule has 9 heteroatoms. The van der Waals surface area contributed by atoms with Crippen molar-refractivity contribution in [3.05, 3.63) is 36.2 Å². The fraction of sp³-hybridized carbons (Fsp3) is 0.400. The van der Waals surface area contributed by atoms with Crippen LogP contribution in [0.15, 0.2) is 35.2 Å². The van der Waals surface area contributed by atoms with E-state index in [1.165, 1.54) is 16.4 Å². The Bertz CT molecular complexity index is 819. The van der Waals surface area contributed by atoms with Crippen LogP contribution in [0, 0.1) is 6.92 Å². The Morgan fingerprint density at radius 1 is 1.29 bits per heavy atom. The highest BCUT2D eigenvalue weighted by Crippen LogP contribution is 2.26. The molecule has 0 spiro atoms. The second kappa shape index (κ2) is 6.70. The fourth-order valence-corrected chi connectivity index (χ4v) is 4.45. The number of anilines is 1. The molecule has 0 bridgehead atoms. The number of nitrogens with one attached hydrogen (secondary N) is 2. The van der Waals surface area contributed by atoms with Gasteiger partial charge in [-0.1, -0.05) is 24.6 Å². The zero-order valence-corrected chi connectivity index (χ0v) is 14.1. The number of rotatable bonds is 4. The van der Waals surface area contributed by atoms with Gasteiger partial charge in [-0.25, -0.2) is 8.42 Å². The number of carbonyl (C=O) groups excluding carboxylic acids is 1. The third-order valence-corrected chi connectivity index (χ3v) is 5.86. The molecular formula is C15H19N5O3S. The summed E-state index contributed by atoms with van der Waals surface area (Å²) in [5, 5.41) is 9.08. The molecule has 3 rings (SSSR count). The van der Waals surface area contributed by atoms with E-state index < -0.39 is 22.0 Å². The van der Waals surface area contributed by atoms with Crippen molar-refractivity contribution in [2.24, 2.45) is 0 Å². The van der Waals surface area contributed by atoms with E-state index in [0.717, 1.165) is 12.8 Å². The first-order valence-corrected chi connectivity index (χ1v) is 9.19. The second-order valence-corrected chi connectivity index (χ2v) is 7.56. The summed E-state index contributed by atoms with van der Waals surface area (Å²) in [5.41, 5.74) is 0. The molecule has 1 aliphatic rings. The average molecular weight is 349 g/mol. The number of H-pyrrole nitrogens is 1. The van der Waals surface area contributed by atoms with Crippen LogP contribution in [0.25, 0.3) is 0 Å². The Balaban J connectivity index is 1.84. The van der Waals surface area contributed by atoms with Gasteiger partial charge in [0, 0.05) is 6.54 Å². The first-order chi connectivity index (χ1) is 11.5. The number of benzene rings is 1. The predicted molar refractivity (Wildman–Crippen MR) is 87.7 cm³/mol. The number of nitrogens with zero attached hydrogens (tertiary/aromatic N) is 3. The number of carbonyl (C=O) groups is 1. The third-order valence-electron chi connectivity index (χ3n) is 3.94. The molecule has 0 aliphatic carbocycles. The van der Waals surface area contributed by atoms with Crippen LogP contribution < -0.4 is 5.32 Å². The van der Waals surface area contributed by atoms with Gasteiger partial charge in [-0.15, -0.1) is 5.10 Å². The van der Waals surface area contributed by atoms with Crippen molar-refractivity contribution in [2.45, 2.75) is 37.1 Å². The van der Waals surface area contributed by atoms with E-state index in [1.807, 2.05) is 0 Å². The topological polar surface area (TPSA) is 108 Å². The van der Waals surface area contributed by atoms with Crippen molar-refractivity contribution >= 4 is 21.9 Å². The molecule has 8 nitrogen and oxygen atoms in total. The summed E-state index contributed by atoms with van der Waals surface area (Å²) in [6.45, 7) is 2.04. The minimum absolute atomic E-state index is 0.153. The zero-order chi connectivity index (χ0) is 17.2. The molecular weight excluding hydrogens is 330 g/mol. The van der Waals surface area contributed by atoms with Crippen molar-refractivity contribution in [1.82, 2.24) is 19.5 Å². The molecule has 0 unspecified atom stereocenters. The van der Waals surface area contributed by atoms with Crippen LogP contribution in [0.4, 0.5) is 5.95 Å². The second-order valence-electron chi connectivity index (χ2n) is 5.67. The van der Waals surface area contributed by atoms with Crippen molar-refractivity contribution in [2.75, 3.05) is 11.9 Å². The van der Waals surface area contributed by atoms with Gasteiger partial charge in [0.05, 0.1) is 4.90 Å². The summed E-state index contributed by atoms with van der Waals surface area (Å²) in [7, 11) is -3.72. The van der Waals surface area contributed by atoms with Crippen molar-refractivity contribution in [3.8, 4) is 0 Å². The highest BCUT2D eigenvalue weighted by atomic mass is 32.2. The molecule has 0 radical (unpaired) electrons. The molecule has 1 aliphatic heterocycles. The van der Waals surface area contributed by atoms with Crippen LogP contribution in [-0.2, 0) is 14.8 Å². The normalized spacial score (nSPS) is 19.1. The van der Waals surface area contributed by atoms with E-state index in [1.54, 1.807) is 25.1 Å². The lowest BCUT2D eigenvalue weighted by molar-refractivity contribution is -0.120. The van der Waals surface area contributed by atoms with E-state index >= 15 is 0 Å². The van der Waals surface area contributed by atoms with Gasteiger partial charge in [0.15, 0.2) is 0 Å². The lowest BCUT2D eigenvalue weighted by atomic mass is 10.0. The summed E-state index contributed by atoms with van der Waals surface area (Å²) < 4.78 is 27.0. The standard InChI is InChI=1S/C15H19N5O3S/c1-11-16-15(19-18-11)17-14(21)13-9-5-6-10-20(13)24(22,23)12-7-3-2-4-8-12/h2-4,7-8,13H,5-6,9-10H2,1H3,(H2,16,17,18,19,21)/t13-/m1/s1. The van der Waals surface area contributed by atoms with E-state index in [0.29, 0.717) is 18.8 Å². The number of aromatic amines is 1. The molecule has 1 saturated heterocycles. The Labute approximate surface area is 140 Å². The van der Waals surface area contributed by atoms with Crippen LogP contribution in [0.3, 0.4) is 0 Å². The Morgan fingerprint density at radius 3 is 2.71 bits per heavy atom. The minimum atomic E-state index is -3.72. The van der Waals surface area contributed by atoms with Gasteiger partial charge in [-0.2, -0.15) is 9.29 Å². The molecule has 24 heavy (non-hydrogen) atoms. The molecule has 1 atom stereocenters. The fourth-order valence-electron chi connectivity index (χ4n) is 2.77. The average Bonchev–Trinajstić information content (AvgIpc) is 3.00. The van der Waals surface area contributed by atoms with Gasteiger partial charge in [-0.05, 0) is 31.9 Å². The van der Waals surface area contributed by atoms with Gasteiger partial charge < -0.3 is 0 Å². The largest absolute Gasteiger partial charge is 0.292 e. The number of piperidine rings is 1. The lowest BCUT2D eigenvalue weighted by Crippen LogP contribution is -2.49. The molecule has 1 aromatic heterocycles. The number of aryl methyl sites for hydroxylation is 1. The maximum Gasteiger partial charge on any atom is 0.248 e. The number of amides is 1. The molecule has 0 saturated carbocycles. The highest BCUT2D eigenvalue weighted by molar-refractivity contribution is 7.89. The van der Waals surface area contributed by atoms with Crippen LogP contribution >= 0.6 is 0 Å². The Hall–Kier alpha value is -2.26. The van der Waals surface area contributed by atoms with E-state index in [-0.39, 0.29) is 10.8 Å². The summed E-state index contributed by atoms with van der Waals surface area (Å²) >= 11 is 0. The smallest absolute Gasteiger partial charge is 0.248 e. The highest BCUT2D eigenvalue weighted by Gasteiger charge is 2.37. The molecule has 1 amide bonds. The molecule has 2 N–H and O–H groups in total. The first kappa shape index (κ1) is 16.6. The Kier molecular flexibility index (Phi) is 4.63. The molecule has 2 heterocycles. The van der Waals surface area contributed by atoms with E-state index in [2.05, 4.69) is 20.5 Å². The van der Waals surface area contributed by atoms with Gasteiger partial charge in [0.25, 0.3) is 0 Å². The van der Waals surface area contributed by atoms with Gasteiger partial charge >= 0.3 is 0 Å². The quantitative estimate of drug-likeness (QED) is 0.865. The van der Waals surface area contributed by atoms with Crippen LogP contribution in [0.2, 0.25) is 0 Å². The number of hydrogen-bond donors (Lipinski definition) is 2. The lowest BCUT2D eigenvalue weighted by Gasteiger charge is -2.33. The maximum atomic E-state index is 12.9. The van der Waals surface area contributed by atoms with Crippen LogP contribution in [0.1, 0.15) is 25.1 Å². The first-order valence-electron chi connectivity index (χ1n) is 7.75. The van der Waals surface area contributed by atoms with Crippen molar-refractivity contribution in [1.29, 1.82) is 0 Å². The van der Waals surface area contributed by atoms with Crippen molar-refractivity contribution in [3.63, 3.8) is 0 Å². The predicted octanol–water partition coefficient (Wildman–Crippen LogP) is 1.30. The van der Waals surface area contributed by atoms with E-state index in [4.69, 9.17) is 0 Å². The Morgan fingerprint density at radius 2 is 2.04 bits per heavy atom. The number of hydrogen-bond acceptors (Lipinski definition) is 5. The summed E-state index contributed by atoms with van der Waals surface area (Å²) in [4.78, 5) is 16.8.